The topological polar surface area (TPSA) is 23.6 Å². The molecule has 1 aliphatic rings. The van der Waals surface area contributed by atoms with Crippen molar-refractivity contribution in [3.05, 3.63) is 0 Å². The van der Waals surface area contributed by atoms with E-state index in [1.165, 1.54) is 12.8 Å². The quantitative estimate of drug-likeness (QED) is 0.550. The lowest BCUT2D eigenvalue weighted by Crippen LogP contribution is -2.36. The van der Waals surface area contributed by atoms with E-state index in [-0.39, 0.29) is 4.82 Å². The molecule has 0 saturated carbocycles. The van der Waals surface area contributed by atoms with Crippen molar-refractivity contribution in [3.63, 3.8) is 0 Å². The first-order chi connectivity index (χ1) is 6.09. The SMILES string of the molecule is CN1CCC(CN(C)C(=O)Br)CC1. The Morgan fingerprint density at radius 1 is 1.54 bits per heavy atom. The van der Waals surface area contributed by atoms with Crippen molar-refractivity contribution < 1.29 is 4.79 Å². The van der Waals surface area contributed by atoms with Gasteiger partial charge in [-0.05, 0) is 38.9 Å². The van der Waals surface area contributed by atoms with Gasteiger partial charge in [0, 0.05) is 29.5 Å². The zero-order valence-corrected chi connectivity index (χ0v) is 9.88. The smallest absolute Gasteiger partial charge is 0.289 e. The summed E-state index contributed by atoms with van der Waals surface area (Å²) in [5.41, 5.74) is 0. The summed E-state index contributed by atoms with van der Waals surface area (Å²) in [5, 5.41) is 0. The molecule has 0 aromatic heterocycles. The summed E-state index contributed by atoms with van der Waals surface area (Å²) >= 11 is 2.96. The van der Waals surface area contributed by atoms with E-state index < -0.39 is 0 Å². The molecule has 0 aliphatic carbocycles. The Labute approximate surface area is 88.2 Å². The summed E-state index contributed by atoms with van der Waals surface area (Å²) in [6.07, 6.45) is 2.42. The number of amides is 1. The fourth-order valence-corrected chi connectivity index (χ4v) is 1.85. The summed E-state index contributed by atoms with van der Waals surface area (Å²) in [4.78, 5) is 15.0. The third-order valence-electron chi connectivity index (χ3n) is 2.67. The lowest BCUT2D eigenvalue weighted by atomic mass is 9.97. The Bertz CT molecular complexity index is 178. The van der Waals surface area contributed by atoms with Crippen molar-refractivity contribution in [2.75, 3.05) is 33.7 Å². The number of halogens is 1. The van der Waals surface area contributed by atoms with Crippen LogP contribution in [0.15, 0.2) is 0 Å². The van der Waals surface area contributed by atoms with E-state index in [0.717, 1.165) is 19.6 Å². The van der Waals surface area contributed by atoms with Crippen LogP contribution >= 0.6 is 15.9 Å². The average molecular weight is 249 g/mol. The maximum Gasteiger partial charge on any atom is 0.289 e. The molecule has 0 radical (unpaired) electrons. The van der Waals surface area contributed by atoms with Gasteiger partial charge in [-0.15, -0.1) is 0 Å². The van der Waals surface area contributed by atoms with Crippen LogP contribution in [-0.4, -0.2) is 48.3 Å². The molecule has 1 rings (SSSR count). The van der Waals surface area contributed by atoms with Crippen LogP contribution in [0.1, 0.15) is 12.8 Å². The molecule has 76 valence electrons. The molecule has 0 spiro atoms. The van der Waals surface area contributed by atoms with Gasteiger partial charge >= 0.3 is 0 Å². The number of hydrogen-bond acceptors (Lipinski definition) is 2. The van der Waals surface area contributed by atoms with E-state index in [1.54, 1.807) is 4.90 Å². The Morgan fingerprint density at radius 2 is 2.08 bits per heavy atom. The van der Waals surface area contributed by atoms with Gasteiger partial charge in [0.1, 0.15) is 0 Å². The highest BCUT2D eigenvalue weighted by atomic mass is 79.9. The van der Waals surface area contributed by atoms with E-state index in [1.807, 2.05) is 7.05 Å². The van der Waals surface area contributed by atoms with Crippen LogP contribution in [0.2, 0.25) is 0 Å². The van der Waals surface area contributed by atoms with Gasteiger partial charge in [-0.2, -0.15) is 0 Å². The molecule has 0 N–H and O–H groups in total. The first-order valence-corrected chi connectivity index (χ1v) is 5.48. The van der Waals surface area contributed by atoms with Crippen molar-refractivity contribution in [2.24, 2.45) is 5.92 Å². The number of carbonyl (C=O) groups is 1. The van der Waals surface area contributed by atoms with Gasteiger partial charge < -0.3 is 9.80 Å². The lowest BCUT2D eigenvalue weighted by molar-refractivity contribution is 0.183. The minimum atomic E-state index is -0.00794. The largest absolute Gasteiger partial charge is 0.336 e. The predicted molar refractivity (Wildman–Crippen MR) is 57.2 cm³/mol. The molecule has 1 heterocycles. The first-order valence-electron chi connectivity index (χ1n) is 4.68. The Morgan fingerprint density at radius 3 is 2.54 bits per heavy atom. The second kappa shape index (κ2) is 4.96. The number of carbonyl (C=O) groups excluding carboxylic acids is 1. The van der Waals surface area contributed by atoms with Crippen molar-refractivity contribution in [1.29, 1.82) is 0 Å². The highest BCUT2D eigenvalue weighted by molar-refractivity contribution is 9.18. The minimum Gasteiger partial charge on any atom is -0.336 e. The van der Waals surface area contributed by atoms with Crippen LogP contribution in [0.5, 0.6) is 0 Å². The third kappa shape index (κ3) is 3.65. The van der Waals surface area contributed by atoms with E-state index in [9.17, 15) is 4.79 Å². The fourth-order valence-electron chi connectivity index (χ4n) is 1.70. The predicted octanol–water partition coefficient (Wildman–Crippen LogP) is 1.77. The number of hydrogen-bond donors (Lipinski definition) is 0. The van der Waals surface area contributed by atoms with Gasteiger partial charge in [-0.1, -0.05) is 0 Å². The van der Waals surface area contributed by atoms with Crippen molar-refractivity contribution in [1.82, 2.24) is 9.80 Å². The molecule has 1 aliphatic heterocycles. The van der Waals surface area contributed by atoms with E-state index in [4.69, 9.17) is 0 Å². The third-order valence-corrected chi connectivity index (χ3v) is 3.28. The molecule has 0 unspecified atom stereocenters. The molecular formula is C9H17BrN2O. The van der Waals surface area contributed by atoms with Crippen molar-refractivity contribution in [3.8, 4) is 0 Å². The Hall–Kier alpha value is -0.0900. The van der Waals surface area contributed by atoms with Crippen LogP contribution < -0.4 is 0 Å². The fraction of sp³-hybridized carbons (Fsp3) is 0.889. The number of rotatable bonds is 2. The maximum atomic E-state index is 10.9. The van der Waals surface area contributed by atoms with E-state index >= 15 is 0 Å². The zero-order chi connectivity index (χ0) is 9.84. The second-order valence-electron chi connectivity index (χ2n) is 3.88. The summed E-state index contributed by atoms with van der Waals surface area (Å²) in [5.74, 6) is 0.683. The molecule has 1 amide bonds. The lowest BCUT2D eigenvalue weighted by Gasteiger charge is -2.31. The molecule has 4 heteroatoms. The van der Waals surface area contributed by atoms with Gasteiger partial charge in [-0.25, -0.2) is 0 Å². The molecular weight excluding hydrogens is 232 g/mol. The highest BCUT2D eigenvalue weighted by Gasteiger charge is 2.19. The van der Waals surface area contributed by atoms with E-state index in [0.29, 0.717) is 5.92 Å². The number of piperidine rings is 1. The molecule has 3 nitrogen and oxygen atoms in total. The zero-order valence-electron chi connectivity index (χ0n) is 8.29. The van der Waals surface area contributed by atoms with Gasteiger partial charge in [0.25, 0.3) is 4.82 Å². The summed E-state index contributed by atoms with van der Waals surface area (Å²) in [6, 6.07) is 0. The van der Waals surface area contributed by atoms with Crippen molar-refractivity contribution in [2.45, 2.75) is 12.8 Å². The van der Waals surface area contributed by atoms with Gasteiger partial charge in [0.15, 0.2) is 0 Å². The molecule has 1 saturated heterocycles. The maximum absolute atomic E-state index is 10.9. The molecule has 0 aromatic carbocycles. The molecule has 13 heavy (non-hydrogen) atoms. The summed E-state index contributed by atoms with van der Waals surface area (Å²) in [6.45, 7) is 3.21. The molecule has 1 fully saturated rings. The molecule has 0 bridgehead atoms. The normalized spacial score (nSPS) is 20.2. The van der Waals surface area contributed by atoms with Crippen LogP contribution in [0.25, 0.3) is 0 Å². The van der Waals surface area contributed by atoms with Gasteiger partial charge in [0.05, 0.1) is 0 Å². The van der Waals surface area contributed by atoms with Crippen LogP contribution in [0.4, 0.5) is 4.79 Å². The molecule has 0 atom stereocenters. The Balaban J connectivity index is 2.26. The number of nitrogens with zero attached hydrogens (tertiary/aromatic N) is 2. The summed E-state index contributed by atoms with van der Waals surface area (Å²) < 4.78 is 0. The standard InChI is InChI=1S/C9H17BrN2O/c1-11-5-3-8(4-6-11)7-12(2)9(10)13/h8H,3-7H2,1-2H3. The van der Waals surface area contributed by atoms with Crippen LogP contribution in [-0.2, 0) is 0 Å². The van der Waals surface area contributed by atoms with E-state index in [2.05, 4.69) is 27.9 Å². The van der Waals surface area contributed by atoms with Gasteiger partial charge in [0.2, 0.25) is 0 Å². The highest BCUT2D eigenvalue weighted by Crippen LogP contribution is 2.17. The Kier molecular flexibility index (Phi) is 4.19. The minimum absolute atomic E-state index is 0.00794. The summed E-state index contributed by atoms with van der Waals surface area (Å²) in [7, 11) is 3.99. The average Bonchev–Trinajstić information content (AvgIpc) is 2.08. The second-order valence-corrected chi connectivity index (χ2v) is 4.56. The molecule has 0 aromatic rings. The van der Waals surface area contributed by atoms with Crippen molar-refractivity contribution >= 4 is 20.7 Å². The first kappa shape index (κ1) is 11.0. The van der Waals surface area contributed by atoms with Crippen LogP contribution in [0.3, 0.4) is 0 Å². The van der Waals surface area contributed by atoms with Gasteiger partial charge in [-0.3, -0.25) is 4.79 Å². The number of likely N-dealkylation sites (tertiary alicyclic amines) is 1. The monoisotopic (exact) mass is 248 g/mol. The van der Waals surface area contributed by atoms with Crippen LogP contribution in [0, 0.1) is 5.92 Å².